The summed E-state index contributed by atoms with van der Waals surface area (Å²) < 4.78 is 35.6. The van der Waals surface area contributed by atoms with Crippen LogP contribution in [0.2, 0.25) is 0 Å². The summed E-state index contributed by atoms with van der Waals surface area (Å²) in [5.74, 6) is 0. The Kier molecular flexibility index (Phi) is 3.55. The summed E-state index contributed by atoms with van der Waals surface area (Å²) in [7, 11) is 0. The van der Waals surface area contributed by atoms with Crippen LogP contribution in [-0.2, 0) is 0 Å². The summed E-state index contributed by atoms with van der Waals surface area (Å²) in [4.78, 5) is 1.86. The van der Waals surface area contributed by atoms with Gasteiger partial charge in [0.2, 0.25) is 0 Å². The first-order chi connectivity index (χ1) is 5.97. The van der Waals surface area contributed by atoms with Crippen molar-refractivity contribution in [2.45, 2.75) is 25.6 Å². The molecule has 1 fully saturated rings. The predicted molar refractivity (Wildman–Crippen MR) is 44.6 cm³/mol. The van der Waals surface area contributed by atoms with Crippen molar-refractivity contribution >= 4 is 0 Å². The van der Waals surface area contributed by atoms with E-state index in [0.29, 0.717) is 6.04 Å². The van der Waals surface area contributed by atoms with Gasteiger partial charge in [-0.05, 0) is 6.92 Å². The van der Waals surface area contributed by atoms with E-state index in [0.717, 1.165) is 19.6 Å². The molecule has 78 valence electrons. The number of halogens is 3. The first-order valence-corrected chi connectivity index (χ1v) is 4.50. The van der Waals surface area contributed by atoms with Crippen molar-refractivity contribution in [3.63, 3.8) is 0 Å². The fraction of sp³-hybridized carbons (Fsp3) is 1.00. The minimum absolute atomic E-state index is 0.134. The summed E-state index contributed by atoms with van der Waals surface area (Å²) in [6.45, 7) is 4.35. The first kappa shape index (κ1) is 10.8. The molecule has 5 heteroatoms. The lowest BCUT2D eigenvalue weighted by atomic mass is 10.2. The SMILES string of the molecule is C[C@@H]1CN(CCC(F)(F)F)CCN1. The Bertz CT molecular complexity index is 158. The lowest BCUT2D eigenvalue weighted by molar-refractivity contribution is -0.138. The third-order valence-electron chi connectivity index (χ3n) is 2.16. The van der Waals surface area contributed by atoms with E-state index < -0.39 is 12.6 Å². The largest absolute Gasteiger partial charge is 0.390 e. The van der Waals surface area contributed by atoms with Gasteiger partial charge in [0, 0.05) is 32.2 Å². The highest BCUT2D eigenvalue weighted by molar-refractivity contribution is 4.75. The molecule has 1 heterocycles. The van der Waals surface area contributed by atoms with Gasteiger partial charge in [-0.3, -0.25) is 0 Å². The van der Waals surface area contributed by atoms with E-state index in [1.807, 2.05) is 11.8 Å². The van der Waals surface area contributed by atoms with Crippen LogP contribution < -0.4 is 5.32 Å². The second-order valence-electron chi connectivity index (χ2n) is 3.52. The monoisotopic (exact) mass is 196 g/mol. The Morgan fingerprint density at radius 3 is 2.69 bits per heavy atom. The number of alkyl halides is 3. The molecule has 13 heavy (non-hydrogen) atoms. The van der Waals surface area contributed by atoms with E-state index in [4.69, 9.17) is 0 Å². The minimum atomic E-state index is -4.02. The van der Waals surface area contributed by atoms with E-state index in [2.05, 4.69) is 5.32 Å². The molecule has 2 nitrogen and oxygen atoms in total. The van der Waals surface area contributed by atoms with Gasteiger partial charge >= 0.3 is 6.18 Å². The minimum Gasteiger partial charge on any atom is -0.312 e. The molecule has 0 saturated carbocycles. The lowest BCUT2D eigenvalue weighted by Gasteiger charge is -2.31. The van der Waals surface area contributed by atoms with Gasteiger partial charge in [-0.25, -0.2) is 0 Å². The fourth-order valence-electron chi connectivity index (χ4n) is 1.50. The zero-order chi connectivity index (χ0) is 9.90. The molecular formula is C8H15F3N2. The van der Waals surface area contributed by atoms with E-state index >= 15 is 0 Å². The van der Waals surface area contributed by atoms with Gasteiger partial charge in [0.25, 0.3) is 0 Å². The van der Waals surface area contributed by atoms with Gasteiger partial charge in [-0.15, -0.1) is 0 Å². The highest BCUT2D eigenvalue weighted by atomic mass is 19.4. The van der Waals surface area contributed by atoms with E-state index in [-0.39, 0.29) is 6.54 Å². The molecule has 0 radical (unpaired) electrons. The van der Waals surface area contributed by atoms with Crippen LogP contribution in [0.25, 0.3) is 0 Å². The number of hydrogen-bond acceptors (Lipinski definition) is 2. The molecule has 0 aliphatic carbocycles. The Balaban J connectivity index is 2.21. The van der Waals surface area contributed by atoms with Crippen LogP contribution in [-0.4, -0.2) is 43.3 Å². The van der Waals surface area contributed by atoms with Gasteiger partial charge in [0.1, 0.15) is 0 Å². The highest BCUT2D eigenvalue weighted by Crippen LogP contribution is 2.19. The quantitative estimate of drug-likeness (QED) is 0.714. The second-order valence-corrected chi connectivity index (χ2v) is 3.52. The van der Waals surface area contributed by atoms with Gasteiger partial charge < -0.3 is 10.2 Å². The molecule has 1 saturated heterocycles. The summed E-state index contributed by atoms with van der Waals surface area (Å²) in [6.07, 6.45) is -4.71. The van der Waals surface area contributed by atoms with Crippen molar-refractivity contribution < 1.29 is 13.2 Å². The van der Waals surface area contributed by atoms with Crippen molar-refractivity contribution in [1.29, 1.82) is 0 Å². The molecule has 1 atom stereocenters. The topological polar surface area (TPSA) is 15.3 Å². The van der Waals surface area contributed by atoms with Crippen molar-refractivity contribution in [3.8, 4) is 0 Å². The summed E-state index contributed by atoms with van der Waals surface area (Å²) >= 11 is 0. The van der Waals surface area contributed by atoms with Crippen molar-refractivity contribution in [2.24, 2.45) is 0 Å². The molecule has 1 aliphatic heterocycles. The third kappa shape index (κ3) is 4.47. The van der Waals surface area contributed by atoms with Gasteiger partial charge in [-0.1, -0.05) is 0 Å². The molecule has 1 aliphatic rings. The number of piperazine rings is 1. The maximum atomic E-state index is 11.9. The number of nitrogens with zero attached hydrogens (tertiary/aromatic N) is 1. The molecule has 0 aromatic heterocycles. The maximum absolute atomic E-state index is 11.9. The van der Waals surface area contributed by atoms with Crippen LogP contribution in [0.4, 0.5) is 13.2 Å². The van der Waals surface area contributed by atoms with Crippen LogP contribution in [0.5, 0.6) is 0 Å². The highest BCUT2D eigenvalue weighted by Gasteiger charge is 2.28. The number of nitrogens with one attached hydrogen (secondary N) is 1. The Morgan fingerprint density at radius 2 is 2.15 bits per heavy atom. The Labute approximate surface area is 76.1 Å². The van der Waals surface area contributed by atoms with Gasteiger partial charge in [0.05, 0.1) is 6.42 Å². The number of hydrogen-bond donors (Lipinski definition) is 1. The smallest absolute Gasteiger partial charge is 0.312 e. The van der Waals surface area contributed by atoms with E-state index in [1.54, 1.807) is 0 Å². The van der Waals surface area contributed by atoms with Crippen molar-refractivity contribution in [2.75, 3.05) is 26.2 Å². The average Bonchev–Trinajstić information content (AvgIpc) is 2.00. The second kappa shape index (κ2) is 4.28. The van der Waals surface area contributed by atoms with Gasteiger partial charge in [-0.2, -0.15) is 13.2 Å². The van der Waals surface area contributed by atoms with Gasteiger partial charge in [0.15, 0.2) is 0 Å². The normalized spacial score (nSPS) is 26.3. The molecule has 0 aromatic rings. The molecule has 0 unspecified atom stereocenters. The third-order valence-corrected chi connectivity index (χ3v) is 2.16. The van der Waals surface area contributed by atoms with Crippen LogP contribution in [0.15, 0.2) is 0 Å². The molecule has 1 N–H and O–H groups in total. The maximum Gasteiger partial charge on any atom is 0.390 e. The van der Waals surface area contributed by atoms with Crippen LogP contribution in [0.3, 0.4) is 0 Å². The first-order valence-electron chi connectivity index (χ1n) is 4.50. The summed E-state index contributed by atoms with van der Waals surface area (Å²) in [5, 5.41) is 3.19. The number of rotatable bonds is 2. The fourth-order valence-corrected chi connectivity index (χ4v) is 1.50. The molecule has 1 rings (SSSR count). The molecule has 0 aromatic carbocycles. The molecule has 0 amide bonds. The van der Waals surface area contributed by atoms with Crippen LogP contribution in [0, 0.1) is 0 Å². The lowest BCUT2D eigenvalue weighted by Crippen LogP contribution is -2.49. The van der Waals surface area contributed by atoms with Crippen LogP contribution >= 0.6 is 0 Å². The molecule has 0 spiro atoms. The predicted octanol–water partition coefficient (Wildman–Crippen LogP) is 1.23. The summed E-state index contributed by atoms with van der Waals surface area (Å²) in [5.41, 5.74) is 0. The van der Waals surface area contributed by atoms with E-state index in [9.17, 15) is 13.2 Å². The van der Waals surface area contributed by atoms with Crippen molar-refractivity contribution in [1.82, 2.24) is 10.2 Å². The van der Waals surface area contributed by atoms with Crippen LogP contribution in [0.1, 0.15) is 13.3 Å². The average molecular weight is 196 g/mol. The summed E-state index contributed by atoms with van der Waals surface area (Å²) in [6, 6.07) is 0.307. The molecular weight excluding hydrogens is 181 g/mol. The van der Waals surface area contributed by atoms with E-state index in [1.165, 1.54) is 0 Å². The standard InChI is InChI=1S/C8H15F3N2/c1-7-6-13(5-3-12-7)4-2-8(9,10)11/h7,12H,2-6H2,1H3/t7-/m1/s1. The zero-order valence-corrected chi connectivity index (χ0v) is 7.69. The molecule has 0 bridgehead atoms. The Morgan fingerprint density at radius 1 is 1.46 bits per heavy atom. The zero-order valence-electron chi connectivity index (χ0n) is 7.69. The van der Waals surface area contributed by atoms with Crippen molar-refractivity contribution in [3.05, 3.63) is 0 Å². The Hall–Kier alpha value is -0.290.